The van der Waals surface area contributed by atoms with Gasteiger partial charge in [0.25, 0.3) is 0 Å². The Kier molecular flexibility index (Phi) is 6.31. The maximum Gasteiger partial charge on any atom is 0.417 e. The lowest BCUT2D eigenvalue weighted by Crippen LogP contribution is -2.38. The number of carbonyl (C=O) groups excluding carboxylic acids is 1. The lowest BCUT2D eigenvalue weighted by molar-refractivity contribution is -0.137. The molecule has 41 heavy (non-hydrogen) atoms. The molecule has 7 rings (SSSR count). The first-order chi connectivity index (χ1) is 19.7. The summed E-state index contributed by atoms with van der Waals surface area (Å²) in [5, 5.41) is 4.78. The first-order valence-electron chi connectivity index (χ1n) is 13.4. The van der Waals surface area contributed by atoms with Crippen molar-refractivity contribution in [3.05, 3.63) is 64.7 Å². The fourth-order valence-electron chi connectivity index (χ4n) is 6.15. The fourth-order valence-corrected chi connectivity index (χ4v) is 7.25. The maximum atomic E-state index is 14.7. The van der Waals surface area contributed by atoms with E-state index < -0.39 is 23.5 Å². The lowest BCUT2D eigenvalue weighted by atomic mass is 9.99. The minimum atomic E-state index is -4.52. The predicted molar refractivity (Wildman–Crippen MR) is 142 cm³/mol. The highest BCUT2D eigenvalue weighted by molar-refractivity contribution is 7.22. The highest BCUT2D eigenvalue weighted by Crippen LogP contribution is 2.48. The Hall–Kier alpha value is -3.51. The molecule has 3 fully saturated rings. The number of carbonyl (C=O) groups is 1. The molecule has 2 aromatic heterocycles. The van der Waals surface area contributed by atoms with Crippen molar-refractivity contribution >= 4 is 32.7 Å². The quantitative estimate of drug-likeness (QED) is 0.171. The van der Waals surface area contributed by atoms with Gasteiger partial charge >= 0.3 is 12.1 Å². The largest absolute Gasteiger partial charge is 0.465 e. The number of nitrogens with zero attached hydrogens (tertiary/aromatic N) is 3. The van der Waals surface area contributed by atoms with Crippen LogP contribution in [0.4, 0.5) is 22.7 Å². The summed E-state index contributed by atoms with van der Waals surface area (Å²) in [5.74, 6) is -0.215. The van der Waals surface area contributed by atoms with Crippen molar-refractivity contribution in [1.82, 2.24) is 10.1 Å². The summed E-state index contributed by atoms with van der Waals surface area (Å²) in [7, 11) is 1.25. The van der Waals surface area contributed by atoms with Crippen LogP contribution in [0.25, 0.3) is 21.5 Å². The van der Waals surface area contributed by atoms with E-state index in [2.05, 4.69) is 15.0 Å². The third-order valence-electron chi connectivity index (χ3n) is 8.28. The normalized spacial score (nSPS) is 22.2. The van der Waals surface area contributed by atoms with Crippen LogP contribution in [-0.4, -0.2) is 41.9 Å². The van der Waals surface area contributed by atoms with E-state index in [-0.39, 0.29) is 52.9 Å². The number of rotatable bonds is 7. The molecule has 0 radical (unpaired) electrons. The van der Waals surface area contributed by atoms with Crippen molar-refractivity contribution < 1.29 is 36.4 Å². The Labute approximate surface area is 236 Å². The molecule has 214 valence electrons. The van der Waals surface area contributed by atoms with Crippen LogP contribution < -0.4 is 4.90 Å². The number of hydrogen-bond donors (Lipinski definition) is 0. The predicted octanol–water partition coefficient (Wildman–Crippen LogP) is 6.96. The summed E-state index contributed by atoms with van der Waals surface area (Å²) >= 11 is 1.33. The molecule has 0 amide bonds. The number of thiazole rings is 1. The summed E-state index contributed by atoms with van der Waals surface area (Å²) < 4.78 is 73.3. The number of esters is 1. The molecular weight excluding hydrogens is 562 g/mol. The smallest absolute Gasteiger partial charge is 0.417 e. The number of benzene rings is 2. The summed E-state index contributed by atoms with van der Waals surface area (Å²) in [6.45, 7) is 0.789. The average molecular weight is 588 g/mol. The van der Waals surface area contributed by atoms with Gasteiger partial charge in [0, 0.05) is 35.5 Å². The Morgan fingerprint density at radius 3 is 2.71 bits per heavy atom. The van der Waals surface area contributed by atoms with Gasteiger partial charge in [-0.2, -0.15) is 13.2 Å². The summed E-state index contributed by atoms with van der Waals surface area (Å²) in [6, 6.07) is 8.28. The van der Waals surface area contributed by atoms with Crippen LogP contribution >= 0.6 is 11.3 Å². The maximum absolute atomic E-state index is 14.7. The van der Waals surface area contributed by atoms with Crippen LogP contribution in [0.3, 0.4) is 0 Å². The van der Waals surface area contributed by atoms with Crippen molar-refractivity contribution in [3.63, 3.8) is 0 Å². The number of piperidine rings is 1. The molecule has 0 N–H and O–H groups in total. The van der Waals surface area contributed by atoms with E-state index in [1.165, 1.54) is 30.6 Å². The van der Waals surface area contributed by atoms with E-state index in [4.69, 9.17) is 14.0 Å². The summed E-state index contributed by atoms with van der Waals surface area (Å²) in [5.41, 5.74) is 0.380. The standard InChI is InChI=1S/C29H25F4N3O4S/c1-38-27(37)15-9-21(30)25-23(10-15)41-28(34-25)36-12-16-8-17(36)11-22(16)39-13-19-24(35-40-26(19)14-6-7-14)18-4-2-3-5-20(18)29(31,32)33/h2-5,9-10,14,16-17,22H,6-8,11-13H2,1H3/t16-,17-,22+/m0/s1. The Balaban J connectivity index is 1.09. The monoisotopic (exact) mass is 587 g/mol. The van der Waals surface area contributed by atoms with Crippen LogP contribution in [0.1, 0.15) is 58.8 Å². The minimum absolute atomic E-state index is 0.00760. The molecule has 2 bridgehead atoms. The number of halogens is 4. The number of alkyl halides is 3. The molecule has 2 saturated carbocycles. The number of aromatic nitrogens is 2. The second-order valence-corrected chi connectivity index (χ2v) is 11.9. The highest BCUT2D eigenvalue weighted by Gasteiger charge is 2.47. The summed E-state index contributed by atoms with van der Waals surface area (Å²) in [4.78, 5) is 18.6. The highest BCUT2D eigenvalue weighted by atomic mass is 32.1. The molecule has 7 nitrogen and oxygen atoms in total. The number of anilines is 1. The Morgan fingerprint density at radius 2 is 2.00 bits per heavy atom. The van der Waals surface area contributed by atoms with E-state index in [0.29, 0.717) is 27.7 Å². The van der Waals surface area contributed by atoms with Gasteiger partial charge in [-0.15, -0.1) is 0 Å². The topological polar surface area (TPSA) is 77.7 Å². The van der Waals surface area contributed by atoms with E-state index >= 15 is 0 Å². The number of methoxy groups -OCH3 is 1. The Bertz CT molecular complexity index is 1650. The van der Waals surface area contributed by atoms with Gasteiger partial charge in [0.1, 0.15) is 17.0 Å². The second kappa shape index (κ2) is 9.80. The zero-order chi connectivity index (χ0) is 28.5. The SMILES string of the molecule is COC(=O)c1cc(F)c2nc(N3C[C@@H]4C[C@H]3C[C@H]4OCc3c(-c4ccccc4C(F)(F)F)noc3C3CC3)sc2c1. The van der Waals surface area contributed by atoms with E-state index in [1.807, 2.05) is 0 Å². The lowest BCUT2D eigenvalue weighted by Gasteiger charge is -2.31. The molecule has 1 saturated heterocycles. The molecule has 3 heterocycles. The van der Waals surface area contributed by atoms with Crippen LogP contribution in [0.2, 0.25) is 0 Å². The van der Waals surface area contributed by atoms with Crippen molar-refractivity contribution in [1.29, 1.82) is 0 Å². The average Bonchev–Trinajstić information content (AvgIpc) is 3.29. The van der Waals surface area contributed by atoms with Crippen LogP contribution in [-0.2, 0) is 22.3 Å². The molecule has 3 atom stereocenters. The molecular formula is C29H25F4N3O4S. The van der Waals surface area contributed by atoms with Gasteiger partial charge < -0.3 is 18.9 Å². The number of fused-ring (bicyclic) bond motifs is 3. The molecule has 0 unspecified atom stereocenters. The van der Waals surface area contributed by atoms with Crippen molar-refractivity contribution in [2.24, 2.45) is 5.92 Å². The zero-order valence-electron chi connectivity index (χ0n) is 21.9. The summed E-state index contributed by atoms with van der Waals surface area (Å²) in [6.07, 6.45) is -1.19. The van der Waals surface area contributed by atoms with Crippen molar-refractivity contribution in [3.8, 4) is 11.3 Å². The molecule has 12 heteroatoms. The van der Waals surface area contributed by atoms with Crippen LogP contribution in [0.5, 0.6) is 0 Å². The molecule has 2 aliphatic carbocycles. The van der Waals surface area contributed by atoms with Gasteiger partial charge in [-0.25, -0.2) is 14.2 Å². The first kappa shape index (κ1) is 26.4. The van der Waals surface area contributed by atoms with Gasteiger partial charge in [-0.3, -0.25) is 0 Å². The molecule has 1 aliphatic heterocycles. The molecule has 4 aromatic rings. The van der Waals surface area contributed by atoms with Gasteiger partial charge in [0.05, 0.1) is 35.6 Å². The number of hydrogen-bond acceptors (Lipinski definition) is 8. The third kappa shape index (κ3) is 4.66. The second-order valence-electron chi connectivity index (χ2n) is 10.9. The van der Waals surface area contributed by atoms with Gasteiger partial charge in [-0.05, 0) is 43.9 Å². The van der Waals surface area contributed by atoms with Gasteiger partial charge in [-0.1, -0.05) is 34.7 Å². The third-order valence-corrected chi connectivity index (χ3v) is 9.32. The number of ether oxygens (including phenoxy) is 2. The van der Waals surface area contributed by atoms with Gasteiger partial charge in [0.2, 0.25) is 0 Å². The van der Waals surface area contributed by atoms with Crippen molar-refractivity contribution in [2.75, 3.05) is 18.6 Å². The van der Waals surface area contributed by atoms with Crippen LogP contribution in [0, 0.1) is 11.7 Å². The van der Waals surface area contributed by atoms with Gasteiger partial charge in [0.15, 0.2) is 10.9 Å². The molecule has 2 aromatic carbocycles. The molecule has 0 spiro atoms. The van der Waals surface area contributed by atoms with Crippen molar-refractivity contribution in [2.45, 2.75) is 56.5 Å². The Morgan fingerprint density at radius 1 is 1.20 bits per heavy atom. The fraction of sp³-hybridized carbons (Fsp3) is 0.414. The zero-order valence-corrected chi connectivity index (χ0v) is 22.7. The van der Waals surface area contributed by atoms with E-state index in [9.17, 15) is 22.4 Å². The van der Waals surface area contributed by atoms with Crippen LogP contribution in [0.15, 0.2) is 40.9 Å². The minimum Gasteiger partial charge on any atom is -0.465 e. The van der Waals surface area contributed by atoms with E-state index in [1.54, 1.807) is 12.1 Å². The molecule has 3 aliphatic rings. The van der Waals surface area contributed by atoms with E-state index in [0.717, 1.165) is 37.8 Å². The first-order valence-corrected chi connectivity index (χ1v) is 14.2.